The van der Waals surface area contributed by atoms with E-state index in [0.29, 0.717) is 26.1 Å². The summed E-state index contributed by atoms with van der Waals surface area (Å²) in [5.41, 5.74) is 0. The third-order valence-corrected chi connectivity index (χ3v) is 3.29. The van der Waals surface area contributed by atoms with Crippen molar-refractivity contribution in [3.8, 4) is 0 Å². The fraction of sp³-hybridized carbons (Fsp3) is 1.00. The van der Waals surface area contributed by atoms with Crippen LogP contribution in [0.1, 0.15) is 6.42 Å². The van der Waals surface area contributed by atoms with Crippen LogP contribution in [0, 0.1) is 0 Å². The number of sulfone groups is 1. The Morgan fingerprint density at radius 3 is 2.00 bits per heavy atom. The van der Waals surface area contributed by atoms with Crippen LogP contribution >= 0.6 is 0 Å². The van der Waals surface area contributed by atoms with Crippen LogP contribution in [0.25, 0.3) is 0 Å². The molecule has 0 aromatic heterocycles. The molecule has 0 aromatic carbocycles. The second-order valence-corrected chi connectivity index (χ2v) is 7.49. The minimum Gasteiger partial charge on any atom is -0.315 e. The van der Waals surface area contributed by atoms with Gasteiger partial charge in [-0.3, -0.25) is 0 Å². The van der Waals surface area contributed by atoms with E-state index in [-0.39, 0.29) is 5.75 Å². The largest absolute Gasteiger partial charge is 0.315 e. The van der Waals surface area contributed by atoms with Crippen molar-refractivity contribution < 1.29 is 16.8 Å². The molecule has 2 N–H and O–H groups in total. The maximum atomic E-state index is 10.7. The minimum atomic E-state index is -3.13. The van der Waals surface area contributed by atoms with Crippen LogP contribution in [0.3, 0.4) is 0 Å². The Morgan fingerprint density at radius 1 is 0.933 bits per heavy atom. The van der Waals surface area contributed by atoms with Crippen molar-refractivity contribution in [2.45, 2.75) is 6.42 Å². The molecule has 0 saturated heterocycles. The quantitative estimate of drug-likeness (QED) is 0.520. The Kier molecular flexibility index (Phi) is 6.34. The van der Waals surface area contributed by atoms with Gasteiger partial charge in [0.15, 0.2) is 0 Å². The predicted molar refractivity (Wildman–Crippen MR) is 60.0 cm³/mol. The lowest BCUT2D eigenvalue weighted by atomic mass is 10.5. The molecule has 0 fully saturated rings. The Morgan fingerprint density at radius 2 is 1.53 bits per heavy atom. The standard InChI is InChI=1S/C7H18N2O4S2/c1-14(10,11)7-3-4-8-5-6-9-15(2,12)13/h8-9H,3-7H2,1-2H3. The lowest BCUT2D eigenvalue weighted by molar-refractivity contribution is 0.580. The molecule has 0 aromatic rings. The van der Waals surface area contributed by atoms with Crippen LogP contribution < -0.4 is 10.0 Å². The van der Waals surface area contributed by atoms with Gasteiger partial charge in [0.2, 0.25) is 10.0 Å². The smallest absolute Gasteiger partial charge is 0.208 e. The highest BCUT2D eigenvalue weighted by Gasteiger charge is 2.01. The Labute approximate surface area is 91.4 Å². The van der Waals surface area contributed by atoms with Crippen molar-refractivity contribution >= 4 is 19.9 Å². The van der Waals surface area contributed by atoms with E-state index in [1.807, 2.05) is 0 Å². The Balaban J connectivity index is 3.34. The Bertz CT molecular complexity index is 324. The fourth-order valence-electron chi connectivity index (χ4n) is 0.909. The van der Waals surface area contributed by atoms with Crippen molar-refractivity contribution in [1.29, 1.82) is 0 Å². The zero-order chi connectivity index (χ0) is 11.9. The second kappa shape index (κ2) is 6.41. The van der Waals surface area contributed by atoms with Gasteiger partial charge in [0.25, 0.3) is 0 Å². The Hall–Kier alpha value is -0.180. The summed E-state index contributed by atoms with van der Waals surface area (Å²) in [5, 5.41) is 2.94. The molecule has 8 heteroatoms. The van der Waals surface area contributed by atoms with Crippen LogP contribution in [0.4, 0.5) is 0 Å². The van der Waals surface area contributed by atoms with Crippen LogP contribution in [-0.4, -0.2) is 54.7 Å². The van der Waals surface area contributed by atoms with Crippen molar-refractivity contribution in [3.63, 3.8) is 0 Å². The topological polar surface area (TPSA) is 92.3 Å². The van der Waals surface area contributed by atoms with E-state index in [2.05, 4.69) is 10.0 Å². The van der Waals surface area contributed by atoms with Crippen LogP contribution in [0.2, 0.25) is 0 Å². The highest BCUT2D eigenvalue weighted by molar-refractivity contribution is 7.90. The van der Waals surface area contributed by atoms with Gasteiger partial charge in [-0.15, -0.1) is 0 Å². The van der Waals surface area contributed by atoms with Gasteiger partial charge in [0, 0.05) is 19.3 Å². The summed E-state index contributed by atoms with van der Waals surface area (Å²) in [6.07, 6.45) is 2.83. The van der Waals surface area contributed by atoms with Gasteiger partial charge in [-0.2, -0.15) is 0 Å². The van der Waals surface area contributed by atoms with Gasteiger partial charge < -0.3 is 5.32 Å². The van der Waals surface area contributed by atoms with Gasteiger partial charge in [-0.25, -0.2) is 21.6 Å². The molecule has 0 unspecified atom stereocenters. The average molecular weight is 258 g/mol. The molecule has 6 nitrogen and oxygen atoms in total. The summed E-state index contributed by atoms with van der Waals surface area (Å²) >= 11 is 0. The zero-order valence-electron chi connectivity index (χ0n) is 8.99. The molecule has 0 bridgehead atoms. The lowest BCUT2D eigenvalue weighted by Crippen LogP contribution is -2.31. The normalized spacial score (nSPS) is 12.9. The molecule has 15 heavy (non-hydrogen) atoms. The van der Waals surface area contributed by atoms with E-state index in [4.69, 9.17) is 0 Å². The van der Waals surface area contributed by atoms with Crippen LogP contribution in [-0.2, 0) is 19.9 Å². The van der Waals surface area contributed by atoms with Crippen LogP contribution in [0.5, 0.6) is 0 Å². The fourth-order valence-corrected chi connectivity index (χ4v) is 2.05. The molecule has 0 radical (unpaired) electrons. The van der Waals surface area contributed by atoms with Gasteiger partial charge in [-0.05, 0) is 13.0 Å². The average Bonchev–Trinajstić information content (AvgIpc) is 1.98. The highest BCUT2D eigenvalue weighted by atomic mass is 32.2. The molecular formula is C7H18N2O4S2. The summed E-state index contributed by atoms with van der Waals surface area (Å²) in [5.74, 6) is 0.152. The molecule has 0 aliphatic carbocycles. The predicted octanol–water partition coefficient (Wildman–Crippen LogP) is -1.44. The van der Waals surface area contributed by atoms with E-state index in [0.717, 1.165) is 6.26 Å². The van der Waals surface area contributed by atoms with E-state index < -0.39 is 19.9 Å². The summed E-state index contributed by atoms with van der Waals surface area (Å²) in [7, 11) is -6.02. The summed E-state index contributed by atoms with van der Waals surface area (Å²) < 4.78 is 45.1. The lowest BCUT2D eigenvalue weighted by Gasteiger charge is -2.04. The first-order chi connectivity index (χ1) is 6.71. The SMILES string of the molecule is CS(=O)(=O)CCCNCCNS(C)(=O)=O. The van der Waals surface area contributed by atoms with Gasteiger partial charge >= 0.3 is 0 Å². The van der Waals surface area contributed by atoms with Gasteiger partial charge in [-0.1, -0.05) is 0 Å². The number of rotatable bonds is 8. The summed E-state index contributed by atoms with van der Waals surface area (Å²) in [4.78, 5) is 0. The number of sulfonamides is 1. The second-order valence-electron chi connectivity index (χ2n) is 3.40. The molecule has 0 amide bonds. The summed E-state index contributed by atoms with van der Waals surface area (Å²) in [6.45, 7) is 1.38. The third-order valence-electron chi connectivity index (χ3n) is 1.53. The molecular weight excluding hydrogens is 240 g/mol. The van der Waals surface area contributed by atoms with Crippen molar-refractivity contribution in [2.24, 2.45) is 0 Å². The highest BCUT2D eigenvalue weighted by Crippen LogP contribution is 1.86. The molecule has 0 aliphatic rings. The summed E-state index contributed by atoms with van der Waals surface area (Å²) in [6, 6.07) is 0. The molecule has 0 rings (SSSR count). The molecule has 92 valence electrons. The van der Waals surface area contributed by atoms with Crippen molar-refractivity contribution in [2.75, 3.05) is 37.9 Å². The number of nitrogens with one attached hydrogen (secondary N) is 2. The molecule has 0 heterocycles. The molecule has 0 saturated carbocycles. The van der Waals surface area contributed by atoms with Gasteiger partial charge in [0.1, 0.15) is 9.84 Å². The van der Waals surface area contributed by atoms with E-state index in [1.165, 1.54) is 6.26 Å². The first-order valence-electron chi connectivity index (χ1n) is 4.54. The molecule has 0 spiro atoms. The van der Waals surface area contributed by atoms with E-state index in [9.17, 15) is 16.8 Å². The number of hydrogen-bond acceptors (Lipinski definition) is 5. The maximum Gasteiger partial charge on any atom is 0.208 e. The zero-order valence-corrected chi connectivity index (χ0v) is 10.6. The van der Waals surface area contributed by atoms with Crippen molar-refractivity contribution in [1.82, 2.24) is 10.0 Å². The van der Waals surface area contributed by atoms with Gasteiger partial charge in [0.05, 0.1) is 12.0 Å². The third kappa shape index (κ3) is 13.8. The van der Waals surface area contributed by atoms with E-state index >= 15 is 0 Å². The van der Waals surface area contributed by atoms with Crippen molar-refractivity contribution in [3.05, 3.63) is 0 Å². The number of hydrogen-bond donors (Lipinski definition) is 2. The maximum absolute atomic E-state index is 10.7. The minimum absolute atomic E-state index is 0.152. The van der Waals surface area contributed by atoms with E-state index in [1.54, 1.807) is 0 Å². The molecule has 0 atom stereocenters. The van der Waals surface area contributed by atoms with Crippen LogP contribution in [0.15, 0.2) is 0 Å². The first-order valence-corrected chi connectivity index (χ1v) is 8.49. The monoisotopic (exact) mass is 258 g/mol. The molecule has 0 aliphatic heterocycles. The first kappa shape index (κ1) is 14.8.